The van der Waals surface area contributed by atoms with E-state index in [0.717, 1.165) is 40.3 Å². The Morgan fingerprint density at radius 2 is 1.30 bits per heavy atom. The van der Waals surface area contributed by atoms with Crippen LogP contribution in [0.4, 0.5) is 17.1 Å². The predicted molar refractivity (Wildman–Crippen MR) is 114 cm³/mol. The van der Waals surface area contributed by atoms with Gasteiger partial charge in [-0.05, 0) is 42.8 Å². The summed E-state index contributed by atoms with van der Waals surface area (Å²) in [7, 11) is 4.40. The molecule has 0 aliphatic carbocycles. The van der Waals surface area contributed by atoms with Crippen molar-refractivity contribution in [1.29, 1.82) is 0 Å². The van der Waals surface area contributed by atoms with Gasteiger partial charge in [-0.25, -0.2) is 0 Å². The van der Waals surface area contributed by atoms with Crippen molar-refractivity contribution in [1.82, 2.24) is 0 Å². The molecule has 0 aromatic heterocycles. The summed E-state index contributed by atoms with van der Waals surface area (Å²) in [6.07, 6.45) is 1.15. The molecular weight excluding hydrogens is 332 g/mol. The lowest BCUT2D eigenvalue weighted by atomic mass is 10.2. The fourth-order valence-corrected chi connectivity index (χ4v) is 3.23. The number of ether oxygens (including phenoxy) is 1. The van der Waals surface area contributed by atoms with Gasteiger partial charge in [-0.15, -0.1) is 0 Å². The van der Waals surface area contributed by atoms with Crippen LogP contribution in [0.1, 0.15) is 13.3 Å². The van der Waals surface area contributed by atoms with E-state index in [-0.39, 0.29) is 0 Å². The van der Waals surface area contributed by atoms with Crippen LogP contribution in [0.25, 0.3) is 0 Å². The first kappa shape index (κ1) is 19.0. The molecule has 0 saturated heterocycles. The van der Waals surface area contributed by atoms with Crippen LogP contribution in [0.3, 0.4) is 0 Å². The van der Waals surface area contributed by atoms with E-state index in [0.29, 0.717) is 6.73 Å². The smallest absolute Gasteiger partial charge is 0.223 e. The highest BCUT2D eigenvalue weighted by molar-refractivity contribution is 5.76. The number of nitrogens with zero attached hydrogens (tertiary/aromatic N) is 2. The average molecular weight is 362 g/mol. The highest BCUT2D eigenvalue weighted by Gasteiger charge is 2.16. The van der Waals surface area contributed by atoms with Gasteiger partial charge in [0.1, 0.15) is 5.75 Å². The van der Waals surface area contributed by atoms with E-state index in [1.54, 1.807) is 0 Å². The largest absolute Gasteiger partial charge is 0.445 e. The molecule has 0 amide bonds. The molecule has 3 nitrogen and oxygen atoms in total. The first-order valence-corrected chi connectivity index (χ1v) is 9.54. The second-order valence-corrected chi connectivity index (χ2v) is 7.44. The monoisotopic (exact) mass is 361 g/mol. The molecule has 3 rings (SSSR count). The lowest BCUT2D eigenvalue weighted by Gasteiger charge is -2.29. The van der Waals surface area contributed by atoms with Gasteiger partial charge in [0, 0.05) is 23.1 Å². The van der Waals surface area contributed by atoms with Gasteiger partial charge in [0.05, 0.1) is 20.6 Å². The predicted octanol–water partition coefficient (Wildman–Crippen LogP) is 5.98. The molecule has 0 N–H and O–H groups in total. The maximum atomic E-state index is 6.13. The molecule has 0 aliphatic heterocycles. The van der Waals surface area contributed by atoms with Crippen LogP contribution in [-0.2, 0) is 0 Å². The van der Waals surface area contributed by atoms with Gasteiger partial charge < -0.3 is 9.64 Å². The third-order valence-electron chi connectivity index (χ3n) is 4.51. The third kappa shape index (κ3) is 5.11. The Balaban J connectivity index is 1.90. The molecule has 3 aromatic rings. The minimum absolute atomic E-state index is 0.661. The van der Waals surface area contributed by atoms with Crippen LogP contribution in [0.2, 0.25) is 0 Å². The molecule has 27 heavy (non-hydrogen) atoms. The van der Waals surface area contributed by atoms with E-state index in [4.69, 9.17) is 4.74 Å². The molecule has 3 aromatic carbocycles. The van der Waals surface area contributed by atoms with Crippen molar-refractivity contribution in [2.24, 2.45) is 0 Å². The molecule has 140 valence electrons. The Hall–Kier alpha value is -2.78. The van der Waals surface area contributed by atoms with Crippen LogP contribution in [0.5, 0.6) is 5.75 Å². The Morgan fingerprint density at radius 1 is 0.741 bits per heavy atom. The van der Waals surface area contributed by atoms with Gasteiger partial charge in [0.15, 0.2) is 0 Å². The molecule has 0 bridgehead atoms. The number of para-hydroxylation sites is 2. The molecular formula is C24H29N2O+. The van der Waals surface area contributed by atoms with E-state index in [2.05, 4.69) is 92.6 Å². The van der Waals surface area contributed by atoms with Gasteiger partial charge in [0.25, 0.3) is 0 Å². The quantitative estimate of drug-likeness (QED) is 0.361. The Morgan fingerprint density at radius 3 is 1.85 bits per heavy atom. The fraction of sp³-hybridized carbons (Fsp3) is 0.250. The molecule has 0 atom stereocenters. The van der Waals surface area contributed by atoms with Crippen LogP contribution < -0.4 is 9.64 Å². The summed E-state index contributed by atoms with van der Waals surface area (Å²) in [5.74, 6) is 0.895. The lowest BCUT2D eigenvalue weighted by Crippen LogP contribution is -2.43. The van der Waals surface area contributed by atoms with Crippen LogP contribution in [0.15, 0.2) is 84.9 Å². The number of anilines is 3. The van der Waals surface area contributed by atoms with Gasteiger partial charge >= 0.3 is 0 Å². The number of benzene rings is 3. The summed E-state index contributed by atoms with van der Waals surface area (Å²) in [4.78, 5) is 2.25. The Bertz CT molecular complexity index is 792. The Kier molecular flexibility index (Phi) is 6.15. The van der Waals surface area contributed by atoms with Crippen molar-refractivity contribution in [3.05, 3.63) is 84.9 Å². The summed E-state index contributed by atoms with van der Waals surface area (Å²) in [5, 5.41) is 0. The maximum absolute atomic E-state index is 6.13. The standard InChI is InChI=1S/C24H29N2O/c1-4-18-26(2,3)20-27-24-17-11-16-23(19-24)25(21-12-7-5-8-13-21)22-14-9-6-10-15-22/h5-17,19H,4,18,20H2,1-3H3/q+1. The third-order valence-corrected chi connectivity index (χ3v) is 4.51. The second-order valence-electron chi connectivity index (χ2n) is 7.44. The topological polar surface area (TPSA) is 12.5 Å². The zero-order chi connectivity index (χ0) is 19.1. The number of hydrogen-bond donors (Lipinski definition) is 0. The van der Waals surface area contributed by atoms with E-state index in [9.17, 15) is 0 Å². The van der Waals surface area contributed by atoms with E-state index in [1.165, 1.54) is 0 Å². The second kappa shape index (κ2) is 8.74. The van der Waals surface area contributed by atoms with Gasteiger partial charge in [-0.1, -0.05) is 49.4 Å². The summed E-state index contributed by atoms with van der Waals surface area (Å²) in [6, 6.07) is 29.2. The molecule has 3 heteroatoms. The van der Waals surface area contributed by atoms with Crippen molar-refractivity contribution in [2.75, 3.05) is 32.3 Å². The SMILES string of the molecule is CCC[N+](C)(C)COc1cccc(N(c2ccccc2)c2ccccc2)c1. The molecule has 0 heterocycles. The zero-order valence-corrected chi connectivity index (χ0v) is 16.5. The summed E-state index contributed by atoms with van der Waals surface area (Å²) in [6.45, 7) is 3.96. The van der Waals surface area contributed by atoms with Gasteiger partial charge in [-0.2, -0.15) is 0 Å². The highest BCUT2D eigenvalue weighted by atomic mass is 16.5. The maximum Gasteiger partial charge on any atom is 0.223 e. The van der Waals surface area contributed by atoms with Gasteiger partial charge in [0.2, 0.25) is 6.73 Å². The summed E-state index contributed by atoms with van der Waals surface area (Å²) >= 11 is 0. The van der Waals surface area contributed by atoms with Crippen molar-refractivity contribution >= 4 is 17.1 Å². The number of rotatable bonds is 8. The van der Waals surface area contributed by atoms with Crippen molar-refractivity contribution in [3.63, 3.8) is 0 Å². The fourth-order valence-electron chi connectivity index (χ4n) is 3.23. The average Bonchev–Trinajstić information content (AvgIpc) is 2.69. The highest BCUT2D eigenvalue weighted by Crippen LogP contribution is 2.35. The summed E-state index contributed by atoms with van der Waals surface area (Å²) < 4.78 is 6.98. The molecule has 0 spiro atoms. The van der Waals surface area contributed by atoms with Crippen LogP contribution in [0, 0.1) is 0 Å². The summed E-state index contributed by atoms with van der Waals surface area (Å²) in [5.41, 5.74) is 3.34. The number of hydrogen-bond acceptors (Lipinski definition) is 2. The minimum atomic E-state index is 0.661. The first-order valence-electron chi connectivity index (χ1n) is 9.54. The van der Waals surface area contributed by atoms with Crippen molar-refractivity contribution in [2.45, 2.75) is 13.3 Å². The Labute approximate surface area is 163 Å². The van der Waals surface area contributed by atoms with E-state index in [1.807, 2.05) is 18.2 Å². The minimum Gasteiger partial charge on any atom is -0.445 e. The first-order chi connectivity index (χ1) is 13.1. The molecule has 0 saturated carbocycles. The van der Waals surface area contributed by atoms with Gasteiger partial charge in [-0.3, -0.25) is 4.48 Å². The normalized spacial score (nSPS) is 11.2. The zero-order valence-electron chi connectivity index (χ0n) is 16.5. The van der Waals surface area contributed by atoms with E-state index < -0.39 is 0 Å². The van der Waals surface area contributed by atoms with Crippen LogP contribution >= 0.6 is 0 Å². The van der Waals surface area contributed by atoms with Crippen molar-refractivity contribution < 1.29 is 9.22 Å². The lowest BCUT2D eigenvalue weighted by molar-refractivity contribution is -0.905. The van der Waals surface area contributed by atoms with Crippen LogP contribution in [-0.4, -0.2) is 31.9 Å². The molecule has 0 aliphatic rings. The van der Waals surface area contributed by atoms with E-state index >= 15 is 0 Å². The molecule has 0 radical (unpaired) electrons. The molecule has 0 fully saturated rings. The van der Waals surface area contributed by atoms with Crippen molar-refractivity contribution in [3.8, 4) is 5.75 Å². The molecule has 0 unspecified atom stereocenters. The number of quaternary nitrogens is 1.